The van der Waals surface area contributed by atoms with Crippen molar-refractivity contribution in [2.24, 2.45) is 0 Å². The number of phenols is 1. The van der Waals surface area contributed by atoms with Crippen molar-refractivity contribution in [2.45, 2.75) is 25.5 Å². The fourth-order valence-corrected chi connectivity index (χ4v) is 1.90. The van der Waals surface area contributed by atoms with Crippen molar-refractivity contribution in [3.63, 3.8) is 0 Å². The van der Waals surface area contributed by atoms with Gasteiger partial charge in [-0.25, -0.2) is 0 Å². The second-order valence-electron chi connectivity index (χ2n) is 3.70. The number of aliphatic hydroxyl groups is 1. The molecule has 0 radical (unpaired) electrons. The smallest absolute Gasteiger partial charge is 0.121 e. The minimum Gasteiger partial charge on any atom is -0.508 e. The average Bonchev–Trinajstić information content (AvgIpc) is 2.70. The fraction of sp³-hybridized carbons (Fsp3) is 0.455. The number of nitrogens with one attached hydrogen (secondary N) is 1. The van der Waals surface area contributed by atoms with Crippen molar-refractivity contribution in [2.75, 3.05) is 6.54 Å². The number of hydrogen-bond donors (Lipinski definition) is 3. The maximum Gasteiger partial charge on any atom is 0.121 e. The van der Waals surface area contributed by atoms with E-state index in [1.165, 1.54) is 6.42 Å². The van der Waals surface area contributed by atoms with Crippen LogP contribution in [-0.2, 0) is 6.61 Å². The molecule has 1 aromatic rings. The number of rotatable bonds is 2. The van der Waals surface area contributed by atoms with E-state index in [1.54, 1.807) is 12.1 Å². The lowest BCUT2D eigenvalue weighted by Gasteiger charge is -2.11. The van der Waals surface area contributed by atoms with Gasteiger partial charge in [-0.15, -0.1) is 0 Å². The minimum absolute atomic E-state index is 0.107. The topological polar surface area (TPSA) is 52.5 Å². The molecule has 14 heavy (non-hydrogen) atoms. The lowest BCUT2D eigenvalue weighted by Crippen LogP contribution is -2.12. The molecule has 1 saturated heterocycles. The standard InChI is InChI=1S/C11H15NO2/c13-7-9-4-3-8(6-11(9)14)10-2-1-5-12-10/h3-4,6,10,12-14H,1-2,5,7H2. The predicted octanol–water partition coefficient (Wildman–Crippen LogP) is 1.31. The van der Waals surface area contributed by atoms with Gasteiger partial charge >= 0.3 is 0 Å². The number of benzene rings is 1. The first kappa shape index (κ1) is 9.49. The van der Waals surface area contributed by atoms with Crippen LogP contribution in [0.25, 0.3) is 0 Å². The molecular weight excluding hydrogens is 178 g/mol. The molecule has 0 amide bonds. The Labute approximate surface area is 83.4 Å². The predicted molar refractivity (Wildman–Crippen MR) is 54.0 cm³/mol. The molecular formula is C11H15NO2. The van der Waals surface area contributed by atoms with Gasteiger partial charge < -0.3 is 15.5 Å². The third-order valence-corrected chi connectivity index (χ3v) is 2.74. The molecule has 3 nitrogen and oxygen atoms in total. The highest BCUT2D eigenvalue weighted by Gasteiger charge is 2.16. The summed E-state index contributed by atoms with van der Waals surface area (Å²) < 4.78 is 0. The zero-order chi connectivity index (χ0) is 9.97. The van der Waals surface area contributed by atoms with Gasteiger partial charge in [0.1, 0.15) is 5.75 Å². The normalized spacial score (nSPS) is 21.4. The fourth-order valence-electron chi connectivity index (χ4n) is 1.90. The van der Waals surface area contributed by atoms with E-state index in [-0.39, 0.29) is 12.4 Å². The van der Waals surface area contributed by atoms with Crippen LogP contribution in [0.15, 0.2) is 18.2 Å². The summed E-state index contributed by atoms with van der Waals surface area (Å²) in [5.74, 6) is 0.193. The number of aromatic hydroxyl groups is 1. The maximum atomic E-state index is 9.56. The number of aliphatic hydroxyl groups excluding tert-OH is 1. The monoisotopic (exact) mass is 193 g/mol. The summed E-state index contributed by atoms with van der Waals surface area (Å²) in [5.41, 5.74) is 1.70. The summed E-state index contributed by atoms with van der Waals surface area (Å²) in [7, 11) is 0. The molecule has 2 rings (SSSR count). The molecule has 1 atom stereocenters. The highest BCUT2D eigenvalue weighted by molar-refractivity contribution is 5.37. The summed E-state index contributed by atoms with van der Waals surface area (Å²) in [6.07, 6.45) is 2.31. The zero-order valence-corrected chi connectivity index (χ0v) is 8.03. The highest BCUT2D eigenvalue weighted by Crippen LogP contribution is 2.27. The molecule has 76 valence electrons. The Bertz CT molecular complexity index is 319. The summed E-state index contributed by atoms with van der Waals surface area (Å²) in [5, 5.41) is 21.8. The zero-order valence-electron chi connectivity index (χ0n) is 8.03. The van der Waals surface area contributed by atoms with Crippen molar-refractivity contribution in [1.29, 1.82) is 0 Å². The molecule has 1 unspecified atom stereocenters. The lowest BCUT2D eigenvalue weighted by atomic mass is 10.0. The van der Waals surface area contributed by atoms with E-state index in [4.69, 9.17) is 5.11 Å². The van der Waals surface area contributed by atoms with Crippen molar-refractivity contribution < 1.29 is 10.2 Å². The molecule has 3 heteroatoms. The van der Waals surface area contributed by atoms with Gasteiger partial charge in [0.2, 0.25) is 0 Å². The third kappa shape index (κ3) is 1.74. The first-order valence-corrected chi connectivity index (χ1v) is 4.97. The van der Waals surface area contributed by atoms with E-state index in [0.717, 1.165) is 18.5 Å². The van der Waals surface area contributed by atoms with Gasteiger partial charge in [0.25, 0.3) is 0 Å². The maximum absolute atomic E-state index is 9.56. The molecule has 1 aromatic carbocycles. The second kappa shape index (κ2) is 3.98. The Morgan fingerprint density at radius 1 is 1.43 bits per heavy atom. The highest BCUT2D eigenvalue weighted by atomic mass is 16.3. The SMILES string of the molecule is OCc1ccc(C2CCCN2)cc1O. The van der Waals surface area contributed by atoms with Gasteiger partial charge in [-0.1, -0.05) is 12.1 Å². The Balaban J connectivity index is 2.23. The van der Waals surface area contributed by atoms with E-state index in [0.29, 0.717) is 11.6 Å². The minimum atomic E-state index is -0.107. The van der Waals surface area contributed by atoms with Crippen LogP contribution in [0.5, 0.6) is 5.75 Å². The van der Waals surface area contributed by atoms with E-state index in [9.17, 15) is 5.11 Å². The van der Waals surface area contributed by atoms with Gasteiger partial charge in [-0.3, -0.25) is 0 Å². The van der Waals surface area contributed by atoms with Crippen LogP contribution in [0.3, 0.4) is 0 Å². The van der Waals surface area contributed by atoms with Crippen LogP contribution < -0.4 is 5.32 Å². The molecule has 0 saturated carbocycles. The molecule has 1 fully saturated rings. The van der Waals surface area contributed by atoms with Crippen molar-refractivity contribution in [3.8, 4) is 5.75 Å². The van der Waals surface area contributed by atoms with Gasteiger partial charge in [-0.2, -0.15) is 0 Å². The first-order chi connectivity index (χ1) is 6.81. The van der Waals surface area contributed by atoms with Gasteiger partial charge in [0.15, 0.2) is 0 Å². The van der Waals surface area contributed by atoms with Gasteiger partial charge in [0, 0.05) is 11.6 Å². The number of hydrogen-bond acceptors (Lipinski definition) is 3. The summed E-state index contributed by atoms with van der Waals surface area (Å²) >= 11 is 0. The lowest BCUT2D eigenvalue weighted by molar-refractivity contribution is 0.275. The third-order valence-electron chi connectivity index (χ3n) is 2.74. The summed E-state index contributed by atoms with van der Waals surface area (Å²) in [6.45, 7) is 0.942. The Hall–Kier alpha value is -1.06. The van der Waals surface area contributed by atoms with E-state index >= 15 is 0 Å². The first-order valence-electron chi connectivity index (χ1n) is 4.97. The molecule has 1 aliphatic rings. The Kier molecular flexibility index (Phi) is 2.70. The van der Waals surface area contributed by atoms with Crippen LogP contribution >= 0.6 is 0 Å². The van der Waals surface area contributed by atoms with E-state index in [2.05, 4.69) is 5.32 Å². The largest absolute Gasteiger partial charge is 0.508 e. The van der Waals surface area contributed by atoms with Gasteiger partial charge in [0.05, 0.1) is 6.61 Å². The van der Waals surface area contributed by atoms with Crippen molar-refractivity contribution in [3.05, 3.63) is 29.3 Å². The van der Waals surface area contributed by atoms with Crippen LogP contribution in [0.4, 0.5) is 0 Å². The molecule has 1 heterocycles. The quantitative estimate of drug-likeness (QED) is 0.663. The molecule has 3 N–H and O–H groups in total. The van der Waals surface area contributed by atoms with Crippen LogP contribution in [0.1, 0.15) is 30.0 Å². The van der Waals surface area contributed by atoms with Gasteiger partial charge in [-0.05, 0) is 31.0 Å². The van der Waals surface area contributed by atoms with Crippen LogP contribution in [0.2, 0.25) is 0 Å². The summed E-state index contributed by atoms with van der Waals surface area (Å²) in [6, 6.07) is 5.86. The molecule has 0 bridgehead atoms. The van der Waals surface area contributed by atoms with Crippen molar-refractivity contribution >= 4 is 0 Å². The van der Waals surface area contributed by atoms with Crippen molar-refractivity contribution in [1.82, 2.24) is 5.32 Å². The van der Waals surface area contributed by atoms with E-state index in [1.807, 2.05) is 6.07 Å². The van der Waals surface area contributed by atoms with E-state index < -0.39 is 0 Å². The molecule has 0 aromatic heterocycles. The average molecular weight is 193 g/mol. The Morgan fingerprint density at radius 2 is 2.29 bits per heavy atom. The second-order valence-corrected chi connectivity index (χ2v) is 3.70. The molecule has 0 aliphatic carbocycles. The molecule has 1 aliphatic heterocycles. The summed E-state index contributed by atoms with van der Waals surface area (Å²) in [4.78, 5) is 0. The Morgan fingerprint density at radius 3 is 2.86 bits per heavy atom. The molecule has 0 spiro atoms. The van der Waals surface area contributed by atoms with Crippen LogP contribution in [-0.4, -0.2) is 16.8 Å². The van der Waals surface area contributed by atoms with Crippen LogP contribution in [0, 0.1) is 0 Å².